The predicted molar refractivity (Wildman–Crippen MR) is 93.2 cm³/mol. The van der Waals surface area contributed by atoms with Gasteiger partial charge < -0.3 is 14.2 Å². The highest BCUT2D eigenvalue weighted by Gasteiger charge is 2.49. The molecular weight excluding hydrogens is 338 g/mol. The van der Waals surface area contributed by atoms with Gasteiger partial charge in [-0.25, -0.2) is 4.98 Å². The number of aryl methyl sites for hydroxylation is 1. The Kier molecular flexibility index (Phi) is 4.11. The molecular formula is C18H21N3O3S. The van der Waals surface area contributed by atoms with E-state index in [1.54, 1.807) is 28.4 Å². The number of carbonyl (C=O) groups excluding carboxylic acids is 2. The largest absolute Gasteiger partial charge is 0.459 e. The van der Waals surface area contributed by atoms with Crippen LogP contribution in [0.1, 0.15) is 40.5 Å². The zero-order valence-corrected chi connectivity index (χ0v) is 15.1. The molecule has 2 saturated heterocycles. The minimum absolute atomic E-state index is 0.120. The topological polar surface area (TPSA) is 66.7 Å². The van der Waals surface area contributed by atoms with Crippen LogP contribution < -0.4 is 0 Å². The molecule has 0 bridgehead atoms. The lowest BCUT2D eigenvalue weighted by Gasteiger charge is -2.38. The monoisotopic (exact) mass is 359 g/mol. The maximum absolute atomic E-state index is 13.1. The first-order chi connectivity index (χ1) is 12.1. The lowest BCUT2D eigenvalue weighted by Crippen LogP contribution is -2.49. The number of hydrogen-bond acceptors (Lipinski definition) is 5. The van der Waals surface area contributed by atoms with Crippen LogP contribution in [0.3, 0.4) is 0 Å². The number of hydrogen-bond donors (Lipinski definition) is 0. The Morgan fingerprint density at radius 3 is 3.00 bits per heavy atom. The van der Waals surface area contributed by atoms with Crippen molar-refractivity contribution < 1.29 is 14.0 Å². The quantitative estimate of drug-likeness (QED) is 0.845. The summed E-state index contributed by atoms with van der Waals surface area (Å²) in [5.74, 6) is 0.387. The summed E-state index contributed by atoms with van der Waals surface area (Å²) in [4.78, 5) is 33.8. The predicted octanol–water partition coefficient (Wildman–Crippen LogP) is 2.70. The smallest absolute Gasteiger partial charge is 0.289 e. The SMILES string of the molecule is Cc1nc(CN2CC[C@@]3(CCCN(C(=O)c4ccco4)C3)C2=O)cs1. The van der Waals surface area contributed by atoms with E-state index in [-0.39, 0.29) is 11.8 Å². The maximum Gasteiger partial charge on any atom is 0.289 e. The van der Waals surface area contributed by atoms with E-state index in [2.05, 4.69) is 4.98 Å². The molecule has 2 aromatic heterocycles. The molecule has 0 aliphatic carbocycles. The Morgan fingerprint density at radius 1 is 1.40 bits per heavy atom. The zero-order valence-electron chi connectivity index (χ0n) is 14.2. The molecule has 1 spiro atoms. The van der Waals surface area contributed by atoms with Gasteiger partial charge in [0.1, 0.15) is 0 Å². The van der Waals surface area contributed by atoms with Crippen molar-refractivity contribution in [1.29, 1.82) is 0 Å². The van der Waals surface area contributed by atoms with Gasteiger partial charge in [0.05, 0.1) is 28.9 Å². The van der Waals surface area contributed by atoms with Gasteiger partial charge in [-0.05, 0) is 38.3 Å². The van der Waals surface area contributed by atoms with E-state index in [0.29, 0.717) is 25.4 Å². The molecule has 2 aliphatic heterocycles. The van der Waals surface area contributed by atoms with E-state index in [1.165, 1.54) is 6.26 Å². The Hall–Kier alpha value is -2.15. The second kappa shape index (κ2) is 6.29. The van der Waals surface area contributed by atoms with Crippen LogP contribution >= 0.6 is 11.3 Å². The Balaban J connectivity index is 1.48. The number of furan rings is 1. The number of amides is 2. The molecule has 4 rings (SSSR count). The minimum Gasteiger partial charge on any atom is -0.459 e. The molecule has 7 heteroatoms. The van der Waals surface area contributed by atoms with Gasteiger partial charge in [0.2, 0.25) is 5.91 Å². The second-order valence-corrected chi connectivity index (χ2v) is 7.98. The number of carbonyl (C=O) groups is 2. The van der Waals surface area contributed by atoms with E-state index in [1.807, 2.05) is 17.2 Å². The van der Waals surface area contributed by atoms with Crippen molar-refractivity contribution in [3.63, 3.8) is 0 Å². The molecule has 25 heavy (non-hydrogen) atoms. The summed E-state index contributed by atoms with van der Waals surface area (Å²) >= 11 is 1.61. The Morgan fingerprint density at radius 2 is 2.28 bits per heavy atom. The van der Waals surface area contributed by atoms with E-state index in [9.17, 15) is 9.59 Å². The second-order valence-electron chi connectivity index (χ2n) is 6.92. The lowest BCUT2D eigenvalue weighted by atomic mass is 9.78. The molecule has 0 N–H and O–H groups in total. The van der Waals surface area contributed by atoms with Gasteiger partial charge in [-0.2, -0.15) is 0 Å². The van der Waals surface area contributed by atoms with Gasteiger partial charge in [-0.1, -0.05) is 0 Å². The summed E-state index contributed by atoms with van der Waals surface area (Å²) in [5, 5.41) is 3.03. The fourth-order valence-electron chi connectivity index (χ4n) is 3.96. The van der Waals surface area contributed by atoms with Crippen molar-refractivity contribution in [2.45, 2.75) is 32.7 Å². The average Bonchev–Trinajstić information content (AvgIpc) is 3.34. The first-order valence-corrected chi connectivity index (χ1v) is 9.49. The van der Waals surface area contributed by atoms with Gasteiger partial charge in [-0.15, -0.1) is 11.3 Å². The normalized spacial score (nSPS) is 23.6. The van der Waals surface area contributed by atoms with Crippen LogP contribution in [0, 0.1) is 12.3 Å². The third kappa shape index (κ3) is 2.97. The van der Waals surface area contributed by atoms with Crippen molar-refractivity contribution in [3.8, 4) is 0 Å². The third-order valence-electron chi connectivity index (χ3n) is 5.22. The summed E-state index contributed by atoms with van der Waals surface area (Å²) in [5.41, 5.74) is 0.512. The van der Waals surface area contributed by atoms with Crippen LogP contribution in [0.4, 0.5) is 0 Å². The molecule has 0 saturated carbocycles. The number of likely N-dealkylation sites (tertiary alicyclic amines) is 2. The minimum atomic E-state index is -0.439. The lowest BCUT2D eigenvalue weighted by molar-refractivity contribution is -0.138. The summed E-state index contributed by atoms with van der Waals surface area (Å²) in [6.07, 6.45) is 4.00. The first kappa shape index (κ1) is 16.3. The van der Waals surface area contributed by atoms with Gasteiger partial charge in [-0.3, -0.25) is 9.59 Å². The van der Waals surface area contributed by atoms with E-state index < -0.39 is 5.41 Å². The van der Waals surface area contributed by atoms with Gasteiger partial charge in [0.25, 0.3) is 5.91 Å². The summed E-state index contributed by atoms with van der Waals surface area (Å²) in [6, 6.07) is 3.39. The zero-order chi connectivity index (χ0) is 17.4. The van der Waals surface area contributed by atoms with Crippen molar-refractivity contribution in [1.82, 2.24) is 14.8 Å². The standard InChI is InChI=1S/C18H21N3O3S/c1-13-19-14(11-25-13)10-20-8-6-18(17(20)23)5-3-7-21(12-18)16(22)15-4-2-9-24-15/h2,4,9,11H,3,5-8,10,12H2,1H3/t18-/m1/s1. The Bertz CT molecular complexity index is 785. The molecule has 2 aromatic rings. The molecule has 2 amide bonds. The third-order valence-corrected chi connectivity index (χ3v) is 6.04. The van der Waals surface area contributed by atoms with Crippen LogP contribution in [0.25, 0.3) is 0 Å². The van der Waals surface area contributed by atoms with Crippen LogP contribution in [-0.2, 0) is 11.3 Å². The van der Waals surface area contributed by atoms with E-state index >= 15 is 0 Å². The highest BCUT2D eigenvalue weighted by molar-refractivity contribution is 7.09. The first-order valence-electron chi connectivity index (χ1n) is 8.61. The van der Waals surface area contributed by atoms with Gasteiger partial charge in [0, 0.05) is 25.0 Å². The molecule has 2 aliphatic rings. The Labute approximate surface area is 150 Å². The number of rotatable bonds is 3. The molecule has 6 nitrogen and oxygen atoms in total. The van der Waals surface area contributed by atoms with E-state index in [4.69, 9.17) is 4.42 Å². The van der Waals surface area contributed by atoms with E-state index in [0.717, 1.165) is 36.5 Å². The number of piperidine rings is 1. The molecule has 0 aromatic carbocycles. The number of nitrogens with zero attached hydrogens (tertiary/aromatic N) is 3. The fraction of sp³-hybridized carbons (Fsp3) is 0.500. The van der Waals surface area contributed by atoms with Crippen molar-refractivity contribution in [2.24, 2.45) is 5.41 Å². The van der Waals surface area contributed by atoms with Crippen LogP contribution in [0.15, 0.2) is 28.2 Å². The van der Waals surface area contributed by atoms with Crippen LogP contribution in [0.5, 0.6) is 0 Å². The number of thiazole rings is 1. The van der Waals surface area contributed by atoms with Crippen LogP contribution in [0.2, 0.25) is 0 Å². The van der Waals surface area contributed by atoms with Crippen LogP contribution in [-0.4, -0.2) is 46.2 Å². The highest BCUT2D eigenvalue weighted by atomic mass is 32.1. The summed E-state index contributed by atoms with van der Waals surface area (Å²) < 4.78 is 5.24. The number of aromatic nitrogens is 1. The molecule has 1 atom stereocenters. The van der Waals surface area contributed by atoms with Gasteiger partial charge in [0.15, 0.2) is 5.76 Å². The average molecular weight is 359 g/mol. The molecule has 2 fully saturated rings. The maximum atomic E-state index is 13.1. The fourth-order valence-corrected chi connectivity index (χ4v) is 4.56. The van der Waals surface area contributed by atoms with Crippen molar-refractivity contribution >= 4 is 23.2 Å². The summed E-state index contributed by atoms with van der Waals surface area (Å²) in [7, 11) is 0. The van der Waals surface area contributed by atoms with Crippen molar-refractivity contribution in [3.05, 3.63) is 40.2 Å². The molecule has 0 radical (unpaired) electrons. The molecule has 132 valence electrons. The molecule has 0 unspecified atom stereocenters. The highest BCUT2D eigenvalue weighted by Crippen LogP contribution is 2.41. The molecule has 4 heterocycles. The summed E-state index contributed by atoms with van der Waals surface area (Å²) in [6.45, 7) is 4.44. The van der Waals surface area contributed by atoms with Gasteiger partial charge >= 0.3 is 0 Å². The van der Waals surface area contributed by atoms with Crippen molar-refractivity contribution in [2.75, 3.05) is 19.6 Å².